The molecule has 3 aromatic carbocycles. The molecule has 0 saturated heterocycles. The standard InChI is InChI=1S/C26H16ClF7N4O2Si/c1-38-18(9-19(30)31)15-8-17(35-24(39)10-4-11(26(32,33)34)6-13(29)5-10)20-21(22(15)36-38)25(40)37-41-23(20)14-7-12(28)2-3-16(14)27/h2-8,19,23H,9H2,1H3,(H,35,39)(H,37,40)/t23-/m1/s1. The number of rotatable bonds is 5. The number of nitrogens with one attached hydrogen (secondary N) is 2. The quantitative estimate of drug-likeness (QED) is 0.213. The summed E-state index contributed by atoms with van der Waals surface area (Å²) in [5.41, 5.74) is -2.89. The molecule has 0 bridgehead atoms. The van der Waals surface area contributed by atoms with Gasteiger partial charge in [-0.25, -0.2) is 17.6 Å². The third-order valence-electron chi connectivity index (χ3n) is 6.49. The normalized spacial score (nSPS) is 15.3. The first-order chi connectivity index (χ1) is 19.2. The van der Waals surface area contributed by atoms with Gasteiger partial charge in [-0.3, -0.25) is 14.3 Å². The molecule has 2 amide bonds. The number of benzene rings is 3. The van der Waals surface area contributed by atoms with Crippen LogP contribution in [0.5, 0.6) is 0 Å². The minimum atomic E-state index is -4.95. The molecule has 4 aromatic rings. The van der Waals surface area contributed by atoms with Crippen LogP contribution in [0.2, 0.25) is 5.02 Å². The highest BCUT2D eigenvalue weighted by atomic mass is 35.5. The number of halogens is 8. The van der Waals surface area contributed by atoms with E-state index < -0.39 is 68.8 Å². The smallest absolute Gasteiger partial charge is 0.378 e. The van der Waals surface area contributed by atoms with Gasteiger partial charge in [-0.05, 0) is 53.6 Å². The highest BCUT2D eigenvalue weighted by molar-refractivity contribution is 6.46. The van der Waals surface area contributed by atoms with Crippen LogP contribution in [-0.4, -0.2) is 37.7 Å². The summed E-state index contributed by atoms with van der Waals surface area (Å²) in [5.74, 6) is -3.82. The number of aryl methyl sites for hydroxylation is 1. The van der Waals surface area contributed by atoms with Crippen molar-refractivity contribution in [1.82, 2.24) is 14.8 Å². The summed E-state index contributed by atoms with van der Waals surface area (Å²) >= 11 is 6.36. The molecule has 0 spiro atoms. The van der Waals surface area contributed by atoms with Gasteiger partial charge in [0.1, 0.15) is 17.2 Å². The first kappa shape index (κ1) is 28.6. The zero-order chi connectivity index (χ0) is 29.8. The topological polar surface area (TPSA) is 76.0 Å². The van der Waals surface area contributed by atoms with Crippen LogP contribution in [-0.2, 0) is 19.6 Å². The molecule has 0 saturated carbocycles. The van der Waals surface area contributed by atoms with Crippen LogP contribution in [0, 0.1) is 11.6 Å². The lowest BCUT2D eigenvalue weighted by Gasteiger charge is -2.28. The SMILES string of the molecule is Cn1nc2c3c(c(NC(=O)c4cc(F)cc(C(F)(F)F)c4)cc2c1CC(F)F)[C@@H](c1cc(F)ccc1Cl)[Si]NC3=O. The highest BCUT2D eigenvalue weighted by Gasteiger charge is 2.36. The Bertz CT molecular complexity index is 1720. The first-order valence-corrected chi connectivity index (χ1v) is 13.2. The molecule has 2 radical (unpaired) electrons. The van der Waals surface area contributed by atoms with Crippen molar-refractivity contribution in [2.75, 3.05) is 5.32 Å². The van der Waals surface area contributed by atoms with E-state index >= 15 is 0 Å². The molecule has 15 heteroatoms. The minimum Gasteiger partial charge on any atom is -0.378 e. The van der Waals surface area contributed by atoms with Gasteiger partial charge in [0.15, 0.2) is 9.68 Å². The summed E-state index contributed by atoms with van der Waals surface area (Å²) in [5, 5.41) is 6.86. The second kappa shape index (κ2) is 10.5. The van der Waals surface area contributed by atoms with E-state index in [1.807, 2.05) is 0 Å². The number of carbonyl (C=O) groups is 2. The molecule has 1 aromatic heterocycles. The molecule has 2 N–H and O–H groups in total. The molecular weight excluding hydrogens is 597 g/mol. The maximum absolute atomic E-state index is 14.3. The van der Waals surface area contributed by atoms with E-state index in [1.54, 1.807) is 0 Å². The summed E-state index contributed by atoms with van der Waals surface area (Å²) in [7, 11) is 0.950. The van der Waals surface area contributed by atoms with E-state index in [0.29, 0.717) is 12.1 Å². The number of alkyl halides is 5. The number of aromatic nitrogens is 2. The summed E-state index contributed by atoms with van der Waals surface area (Å²) < 4.78 is 96.2. The van der Waals surface area contributed by atoms with Gasteiger partial charge in [0.2, 0.25) is 12.3 Å². The Morgan fingerprint density at radius 2 is 1.88 bits per heavy atom. The Morgan fingerprint density at radius 3 is 2.56 bits per heavy atom. The average molecular weight is 613 g/mol. The Labute approximate surface area is 234 Å². The van der Waals surface area contributed by atoms with E-state index in [1.165, 1.54) is 19.2 Å². The van der Waals surface area contributed by atoms with Gasteiger partial charge < -0.3 is 10.3 Å². The van der Waals surface area contributed by atoms with E-state index in [0.717, 1.165) is 16.8 Å². The van der Waals surface area contributed by atoms with Crippen molar-refractivity contribution in [3.05, 3.63) is 92.6 Å². The minimum absolute atomic E-state index is 0.0135. The van der Waals surface area contributed by atoms with Gasteiger partial charge in [-0.1, -0.05) is 11.6 Å². The molecular formula is C26H16ClF7N4O2Si. The van der Waals surface area contributed by atoms with Gasteiger partial charge in [0.25, 0.3) is 5.91 Å². The Kier molecular flexibility index (Phi) is 7.32. The van der Waals surface area contributed by atoms with Crippen molar-refractivity contribution < 1.29 is 40.3 Å². The van der Waals surface area contributed by atoms with Gasteiger partial charge in [0, 0.05) is 34.2 Å². The molecule has 5 rings (SSSR count). The molecule has 0 aliphatic carbocycles. The summed E-state index contributed by atoms with van der Waals surface area (Å²) in [4.78, 5) is 29.1. The number of fused-ring (bicyclic) bond motifs is 3. The fraction of sp³-hybridized carbons (Fsp3) is 0.192. The van der Waals surface area contributed by atoms with Crippen LogP contribution in [0.3, 0.4) is 0 Å². The maximum Gasteiger partial charge on any atom is 0.416 e. The van der Waals surface area contributed by atoms with Crippen LogP contribution in [0.25, 0.3) is 10.9 Å². The molecule has 1 aliphatic rings. The fourth-order valence-electron chi connectivity index (χ4n) is 4.74. The van der Waals surface area contributed by atoms with Gasteiger partial charge in [-0.15, -0.1) is 0 Å². The second-order valence-corrected chi connectivity index (χ2v) is 10.7. The number of nitrogens with zero attached hydrogens (tertiary/aromatic N) is 2. The van der Waals surface area contributed by atoms with E-state index in [4.69, 9.17) is 11.6 Å². The number of carbonyl (C=O) groups excluding carboxylic acids is 2. The average Bonchev–Trinajstić information content (AvgIpc) is 3.19. The molecule has 6 nitrogen and oxygen atoms in total. The van der Waals surface area contributed by atoms with E-state index in [-0.39, 0.29) is 50.1 Å². The highest BCUT2D eigenvalue weighted by Crippen LogP contribution is 2.42. The summed E-state index contributed by atoms with van der Waals surface area (Å²) in [6.07, 6.45) is -8.52. The lowest BCUT2D eigenvalue weighted by Crippen LogP contribution is -2.39. The van der Waals surface area contributed by atoms with Gasteiger partial charge in [0.05, 0.1) is 23.2 Å². The summed E-state index contributed by atoms with van der Waals surface area (Å²) in [6, 6.07) is 6.06. The van der Waals surface area contributed by atoms with Crippen LogP contribution in [0.15, 0.2) is 42.5 Å². The maximum atomic E-state index is 14.3. The van der Waals surface area contributed by atoms with Gasteiger partial charge >= 0.3 is 6.18 Å². The second-order valence-electron chi connectivity index (χ2n) is 9.15. The Balaban J connectivity index is 1.75. The fourth-order valence-corrected chi connectivity index (χ4v) is 6.29. The lowest BCUT2D eigenvalue weighted by molar-refractivity contribution is -0.137. The Morgan fingerprint density at radius 1 is 1.15 bits per heavy atom. The van der Waals surface area contributed by atoms with Crippen LogP contribution < -0.4 is 10.3 Å². The van der Waals surface area contributed by atoms with Gasteiger partial charge in [-0.2, -0.15) is 18.3 Å². The molecule has 2 heterocycles. The molecule has 1 aliphatic heterocycles. The molecule has 0 fully saturated rings. The number of hydrogen-bond acceptors (Lipinski definition) is 3. The number of hydrogen-bond donors (Lipinski definition) is 2. The molecule has 212 valence electrons. The van der Waals surface area contributed by atoms with Crippen molar-refractivity contribution in [2.45, 2.75) is 24.6 Å². The van der Waals surface area contributed by atoms with Crippen molar-refractivity contribution in [2.24, 2.45) is 7.05 Å². The van der Waals surface area contributed by atoms with Crippen molar-refractivity contribution in [1.29, 1.82) is 0 Å². The number of amides is 2. The zero-order valence-corrected chi connectivity index (χ0v) is 22.4. The predicted octanol–water partition coefficient (Wildman–Crippen LogP) is 6.04. The van der Waals surface area contributed by atoms with Crippen molar-refractivity contribution in [3.63, 3.8) is 0 Å². The first-order valence-electron chi connectivity index (χ1n) is 11.7. The van der Waals surface area contributed by atoms with Crippen LogP contribution in [0.1, 0.15) is 48.6 Å². The van der Waals surface area contributed by atoms with Crippen molar-refractivity contribution >= 4 is 49.7 Å². The summed E-state index contributed by atoms with van der Waals surface area (Å²) in [6.45, 7) is 0. The monoisotopic (exact) mass is 612 g/mol. The predicted molar refractivity (Wildman–Crippen MR) is 136 cm³/mol. The van der Waals surface area contributed by atoms with Crippen molar-refractivity contribution in [3.8, 4) is 0 Å². The third kappa shape index (κ3) is 5.40. The zero-order valence-electron chi connectivity index (χ0n) is 20.6. The lowest BCUT2D eigenvalue weighted by atomic mass is 9.93. The molecule has 0 unspecified atom stereocenters. The van der Waals surface area contributed by atoms with Crippen LogP contribution in [0.4, 0.5) is 36.4 Å². The molecule has 1 atom stereocenters. The Hall–Kier alpha value is -3.91. The van der Waals surface area contributed by atoms with Crippen LogP contribution >= 0.6 is 11.6 Å². The van der Waals surface area contributed by atoms with E-state index in [2.05, 4.69) is 15.4 Å². The largest absolute Gasteiger partial charge is 0.416 e. The third-order valence-corrected chi connectivity index (χ3v) is 8.09. The molecule has 41 heavy (non-hydrogen) atoms. The number of anilines is 1. The van der Waals surface area contributed by atoms with E-state index in [9.17, 15) is 40.3 Å².